The smallest absolute Gasteiger partial charge is 0.249 e. The van der Waals surface area contributed by atoms with Crippen LogP contribution in [0.5, 0.6) is 0 Å². The van der Waals surface area contributed by atoms with Gasteiger partial charge in [0.15, 0.2) is 6.20 Å². The second kappa shape index (κ2) is 2.62. The number of rotatable bonds is 1. The molecule has 1 aliphatic heterocycles. The predicted molar refractivity (Wildman–Crippen MR) is 31.6 cm³/mol. The Hall–Kier alpha value is -0.510. The molecule has 0 bridgehead atoms. The molecular weight excluding hydrogens is 155 g/mol. The molecule has 1 saturated heterocycles. The lowest BCUT2D eigenvalue weighted by Crippen LogP contribution is -1.95. The number of hydrogen-bond acceptors (Lipinski definition) is 5. The summed E-state index contributed by atoms with van der Waals surface area (Å²) >= 11 is 0. The minimum absolute atomic E-state index is 0.465. The maximum atomic E-state index is 5.13. The van der Waals surface area contributed by atoms with Gasteiger partial charge in [0, 0.05) is 5.27 Å². The van der Waals surface area contributed by atoms with Gasteiger partial charge in [0.25, 0.3) is 0 Å². The normalized spacial score (nSPS) is 20.0. The van der Waals surface area contributed by atoms with Gasteiger partial charge >= 0.3 is 0 Å². The molecule has 53 valence electrons. The topological polar surface area (TPSA) is 57.4 Å². The summed E-state index contributed by atoms with van der Waals surface area (Å²) in [5, 5.41) is 6.62. The van der Waals surface area contributed by atoms with Crippen LogP contribution in [-0.2, 0) is 9.05 Å². The first kappa shape index (κ1) is 6.22. The third kappa shape index (κ3) is 1.03. The molecule has 1 radical (unpaired) electrons. The van der Waals surface area contributed by atoms with Crippen LogP contribution >= 0.6 is 8.38 Å². The Bertz CT molecular complexity index is 196. The van der Waals surface area contributed by atoms with E-state index in [0.717, 1.165) is 0 Å². The molecule has 0 aromatic carbocycles. The van der Waals surface area contributed by atoms with Crippen molar-refractivity contribution in [1.82, 2.24) is 10.4 Å². The van der Waals surface area contributed by atoms with Crippen LogP contribution in [0.4, 0.5) is 0 Å². The van der Waals surface area contributed by atoms with E-state index in [1.165, 1.54) is 0 Å². The van der Waals surface area contributed by atoms with Gasteiger partial charge < -0.3 is 13.6 Å². The fourth-order valence-electron chi connectivity index (χ4n) is 0.612. The summed E-state index contributed by atoms with van der Waals surface area (Å²) in [7, 11) is -1.05. The van der Waals surface area contributed by atoms with Crippen molar-refractivity contribution in [2.45, 2.75) is 0 Å². The van der Waals surface area contributed by atoms with Gasteiger partial charge in [-0.1, -0.05) is 0 Å². The number of aromatic nitrogens is 2. The van der Waals surface area contributed by atoms with Crippen molar-refractivity contribution in [1.29, 1.82) is 0 Å². The molecule has 1 aromatic heterocycles. The minimum Gasteiger partial charge on any atom is -0.331 e. The maximum Gasteiger partial charge on any atom is 0.249 e. The lowest BCUT2D eigenvalue weighted by Gasteiger charge is -1.98. The first-order valence-corrected chi connectivity index (χ1v) is 3.90. The minimum atomic E-state index is -1.05. The Morgan fingerprint density at radius 2 is 2.20 bits per heavy atom. The van der Waals surface area contributed by atoms with E-state index in [1.807, 2.05) is 0 Å². The van der Waals surface area contributed by atoms with Crippen LogP contribution in [0.25, 0.3) is 0 Å². The van der Waals surface area contributed by atoms with E-state index in [0.29, 0.717) is 18.7 Å². The lowest BCUT2D eigenvalue weighted by atomic mass is 10.8. The van der Waals surface area contributed by atoms with Crippen LogP contribution in [0.3, 0.4) is 0 Å². The zero-order valence-electron chi connectivity index (χ0n) is 4.98. The maximum absolute atomic E-state index is 5.13. The molecule has 0 saturated carbocycles. The van der Waals surface area contributed by atoms with Crippen LogP contribution in [-0.4, -0.2) is 23.6 Å². The first-order valence-electron chi connectivity index (χ1n) is 2.73. The molecule has 1 aliphatic rings. The van der Waals surface area contributed by atoms with Gasteiger partial charge in [0.2, 0.25) is 13.9 Å². The average molecular weight is 159 g/mol. The average Bonchev–Trinajstić information content (AvgIpc) is 2.59. The van der Waals surface area contributed by atoms with Gasteiger partial charge in [-0.25, -0.2) is 0 Å². The van der Waals surface area contributed by atoms with E-state index in [1.54, 1.807) is 0 Å². The zero-order valence-corrected chi connectivity index (χ0v) is 5.88. The van der Waals surface area contributed by atoms with E-state index in [2.05, 4.69) is 21.1 Å². The van der Waals surface area contributed by atoms with Crippen molar-refractivity contribution in [3.05, 3.63) is 6.20 Å². The Morgan fingerprint density at radius 1 is 1.40 bits per heavy atom. The lowest BCUT2D eigenvalue weighted by molar-refractivity contribution is 0.365. The van der Waals surface area contributed by atoms with Gasteiger partial charge in [0.1, 0.15) is 0 Å². The summed E-state index contributed by atoms with van der Waals surface area (Å²) < 4.78 is 14.9. The molecular formula is C4H4N2O3P. The van der Waals surface area contributed by atoms with Crippen LogP contribution < -0.4 is 5.50 Å². The second-order valence-corrected chi connectivity index (χ2v) is 3.05. The van der Waals surface area contributed by atoms with E-state index < -0.39 is 8.38 Å². The van der Waals surface area contributed by atoms with Crippen LogP contribution in [0, 0.1) is 6.20 Å². The summed E-state index contributed by atoms with van der Waals surface area (Å²) in [4.78, 5) is 0. The molecule has 0 unspecified atom stereocenters. The highest BCUT2D eigenvalue weighted by atomic mass is 31.2. The molecule has 0 atom stereocenters. The summed E-state index contributed by atoms with van der Waals surface area (Å²) in [5.41, 5.74) is 0.465. The summed E-state index contributed by atoms with van der Waals surface area (Å²) in [6, 6.07) is 0. The molecule has 6 heteroatoms. The fourth-order valence-corrected chi connectivity index (χ4v) is 1.63. The van der Waals surface area contributed by atoms with Gasteiger partial charge in [0.05, 0.1) is 13.2 Å². The molecule has 5 nitrogen and oxygen atoms in total. The van der Waals surface area contributed by atoms with E-state index in [-0.39, 0.29) is 0 Å². The summed E-state index contributed by atoms with van der Waals surface area (Å²) in [6.07, 6.45) is 2.53. The molecule has 1 aromatic rings. The summed E-state index contributed by atoms with van der Waals surface area (Å²) in [6.45, 7) is 1.22. The second-order valence-electron chi connectivity index (χ2n) is 1.61. The van der Waals surface area contributed by atoms with E-state index >= 15 is 0 Å². The van der Waals surface area contributed by atoms with E-state index in [9.17, 15) is 0 Å². The largest absolute Gasteiger partial charge is 0.331 e. The third-order valence-corrected chi connectivity index (χ3v) is 2.33. The third-order valence-electron chi connectivity index (χ3n) is 0.980. The Balaban J connectivity index is 2.12. The van der Waals surface area contributed by atoms with Crippen molar-refractivity contribution in [3.8, 4) is 0 Å². The quantitative estimate of drug-likeness (QED) is 0.533. The van der Waals surface area contributed by atoms with Crippen molar-refractivity contribution in [3.63, 3.8) is 0 Å². The molecule has 2 rings (SSSR count). The van der Waals surface area contributed by atoms with Crippen molar-refractivity contribution in [2.24, 2.45) is 0 Å². The van der Waals surface area contributed by atoms with Crippen LogP contribution in [0.15, 0.2) is 4.52 Å². The molecule has 2 heterocycles. The number of hydrogen-bond donors (Lipinski definition) is 0. The van der Waals surface area contributed by atoms with Crippen molar-refractivity contribution >= 4 is 13.9 Å². The highest BCUT2D eigenvalue weighted by Gasteiger charge is 2.24. The molecule has 0 N–H and O–H groups in total. The fraction of sp³-hybridized carbons (Fsp3) is 0.500. The Kier molecular flexibility index (Phi) is 1.63. The highest BCUT2D eigenvalue weighted by Crippen LogP contribution is 2.40. The molecule has 1 fully saturated rings. The van der Waals surface area contributed by atoms with Gasteiger partial charge in [-0.3, -0.25) is 0 Å². The zero-order chi connectivity index (χ0) is 6.81. The molecule has 10 heavy (non-hydrogen) atoms. The van der Waals surface area contributed by atoms with Gasteiger partial charge in [-0.2, -0.15) is 0 Å². The van der Waals surface area contributed by atoms with Crippen molar-refractivity contribution < 1.29 is 13.6 Å². The Labute approximate surface area is 58.2 Å². The molecule has 0 spiro atoms. The SMILES string of the molecule is [c]1nnoc1P1OCCO1. The summed E-state index contributed by atoms with van der Waals surface area (Å²) in [5.74, 6) is 0. The first-order chi connectivity index (χ1) is 4.97. The van der Waals surface area contributed by atoms with Crippen LogP contribution in [0.1, 0.15) is 0 Å². The standard InChI is InChI=1S/C4H4N2O3P/c1-2-8-10(7-1)4-3-5-6-9-4/h1-2H2. The molecule has 0 amide bonds. The Morgan fingerprint density at radius 3 is 2.80 bits per heavy atom. The number of nitrogens with zero attached hydrogens (tertiary/aromatic N) is 2. The van der Waals surface area contributed by atoms with Crippen LogP contribution in [0.2, 0.25) is 0 Å². The van der Waals surface area contributed by atoms with Crippen molar-refractivity contribution in [2.75, 3.05) is 13.2 Å². The predicted octanol–water partition coefficient (Wildman–Crippen LogP) is -0.146. The highest BCUT2D eigenvalue weighted by molar-refractivity contribution is 7.55. The van der Waals surface area contributed by atoms with E-state index in [4.69, 9.17) is 9.05 Å². The van der Waals surface area contributed by atoms with Gasteiger partial charge in [-0.15, -0.1) is 5.10 Å². The van der Waals surface area contributed by atoms with Gasteiger partial charge in [-0.05, 0) is 0 Å². The monoisotopic (exact) mass is 159 g/mol. The molecule has 0 aliphatic carbocycles.